The first-order valence-electron chi connectivity index (χ1n) is 10.1. The molecule has 0 saturated heterocycles. The van der Waals surface area contributed by atoms with Gasteiger partial charge in [0.05, 0.1) is 12.8 Å². The molecule has 7 nitrogen and oxygen atoms in total. The molecule has 10 heteroatoms. The van der Waals surface area contributed by atoms with Crippen LogP contribution in [0.5, 0.6) is 0 Å². The predicted molar refractivity (Wildman–Crippen MR) is 108 cm³/mol. The zero-order valence-electron chi connectivity index (χ0n) is 17.7. The van der Waals surface area contributed by atoms with Gasteiger partial charge < -0.3 is 14.4 Å². The molecule has 0 aliphatic heterocycles. The highest BCUT2D eigenvalue weighted by molar-refractivity contribution is 5.88. The first kappa shape index (κ1) is 25.1. The van der Waals surface area contributed by atoms with Gasteiger partial charge >= 0.3 is 18.1 Å². The molecule has 1 atom stereocenters. The fourth-order valence-corrected chi connectivity index (χ4v) is 2.87. The number of aliphatic carboxylic acids is 1. The Morgan fingerprint density at radius 1 is 1.19 bits per heavy atom. The summed E-state index contributed by atoms with van der Waals surface area (Å²) in [7, 11) is 0. The van der Waals surface area contributed by atoms with E-state index < -0.39 is 30.6 Å². The molecule has 0 radical (unpaired) electrons. The van der Waals surface area contributed by atoms with E-state index >= 15 is 0 Å². The number of nitrogens with zero attached hydrogens (tertiary/aromatic N) is 2. The van der Waals surface area contributed by atoms with Crippen LogP contribution in [0.4, 0.5) is 13.2 Å². The van der Waals surface area contributed by atoms with E-state index in [4.69, 9.17) is 9.63 Å². The molecular formula is C22H25F3N2O5. The third kappa shape index (κ3) is 8.16. The van der Waals surface area contributed by atoms with E-state index in [0.29, 0.717) is 12.2 Å². The summed E-state index contributed by atoms with van der Waals surface area (Å²) in [6, 6.07) is 8.01. The van der Waals surface area contributed by atoms with E-state index in [1.54, 1.807) is 0 Å². The van der Waals surface area contributed by atoms with Crippen LogP contribution in [0.2, 0.25) is 0 Å². The van der Waals surface area contributed by atoms with Gasteiger partial charge in [0.2, 0.25) is 12.0 Å². The highest BCUT2D eigenvalue weighted by atomic mass is 19.4. The van der Waals surface area contributed by atoms with Crippen LogP contribution in [-0.4, -0.2) is 39.5 Å². The van der Waals surface area contributed by atoms with Gasteiger partial charge in [-0.1, -0.05) is 55.8 Å². The summed E-state index contributed by atoms with van der Waals surface area (Å²) in [6.07, 6.45) is -4.63. The monoisotopic (exact) mass is 454 g/mol. The SMILES string of the molecule is C=C(Cc1nc(Cc2ccc(CCCCC)cc2)no1)C(=O)OC(CC(=O)O)C(F)(F)F. The van der Waals surface area contributed by atoms with Crippen molar-refractivity contribution in [3.63, 3.8) is 0 Å². The topological polar surface area (TPSA) is 103 Å². The fourth-order valence-electron chi connectivity index (χ4n) is 2.87. The molecule has 0 spiro atoms. The van der Waals surface area contributed by atoms with Crippen molar-refractivity contribution < 1.29 is 37.1 Å². The molecule has 0 bridgehead atoms. The number of carbonyl (C=O) groups is 2. The van der Waals surface area contributed by atoms with Crippen molar-refractivity contribution in [2.45, 2.75) is 64.1 Å². The van der Waals surface area contributed by atoms with Crippen LogP contribution in [0, 0.1) is 0 Å². The van der Waals surface area contributed by atoms with Crippen molar-refractivity contribution in [3.8, 4) is 0 Å². The second-order valence-corrected chi connectivity index (χ2v) is 7.37. The van der Waals surface area contributed by atoms with E-state index in [2.05, 4.69) is 28.4 Å². The number of carbonyl (C=O) groups excluding carboxylic acids is 1. The number of esters is 1. The third-order valence-electron chi connectivity index (χ3n) is 4.59. The normalized spacial score (nSPS) is 12.4. The van der Waals surface area contributed by atoms with Crippen molar-refractivity contribution in [2.24, 2.45) is 0 Å². The Bertz CT molecular complexity index is 922. The second kappa shape index (κ2) is 11.4. The number of ether oxygens (including phenoxy) is 1. The van der Waals surface area contributed by atoms with Gasteiger partial charge in [-0.05, 0) is 24.0 Å². The van der Waals surface area contributed by atoms with Gasteiger partial charge in [0, 0.05) is 12.0 Å². The number of hydrogen-bond donors (Lipinski definition) is 1. The van der Waals surface area contributed by atoms with Gasteiger partial charge in [-0.25, -0.2) is 4.79 Å². The second-order valence-electron chi connectivity index (χ2n) is 7.37. The van der Waals surface area contributed by atoms with Crippen LogP contribution in [0.15, 0.2) is 40.9 Å². The molecule has 0 amide bonds. The van der Waals surface area contributed by atoms with E-state index in [-0.39, 0.29) is 17.9 Å². The van der Waals surface area contributed by atoms with Crippen LogP contribution < -0.4 is 0 Å². The molecule has 0 fully saturated rings. The zero-order chi connectivity index (χ0) is 23.7. The molecule has 1 aromatic heterocycles. The number of alkyl halides is 3. The lowest BCUT2D eigenvalue weighted by Gasteiger charge is -2.19. The van der Waals surface area contributed by atoms with Gasteiger partial charge in [-0.15, -0.1) is 0 Å². The number of aryl methyl sites for hydroxylation is 1. The lowest BCUT2D eigenvalue weighted by molar-refractivity contribution is -0.222. The van der Waals surface area contributed by atoms with Crippen molar-refractivity contribution >= 4 is 11.9 Å². The maximum Gasteiger partial charge on any atom is 0.426 e. The Morgan fingerprint density at radius 2 is 1.84 bits per heavy atom. The maximum atomic E-state index is 12.8. The van der Waals surface area contributed by atoms with Crippen LogP contribution in [0.3, 0.4) is 0 Å². The molecule has 174 valence electrons. The maximum absolute atomic E-state index is 12.8. The fraction of sp³-hybridized carbons (Fsp3) is 0.455. The average Bonchev–Trinajstić information content (AvgIpc) is 3.14. The van der Waals surface area contributed by atoms with E-state index in [1.165, 1.54) is 12.0 Å². The number of halogens is 3. The van der Waals surface area contributed by atoms with Crippen molar-refractivity contribution in [1.82, 2.24) is 10.1 Å². The lowest BCUT2D eigenvalue weighted by atomic mass is 10.0. The van der Waals surface area contributed by atoms with Gasteiger partial charge in [-0.2, -0.15) is 18.2 Å². The highest BCUT2D eigenvalue weighted by Crippen LogP contribution is 2.26. The van der Waals surface area contributed by atoms with Gasteiger partial charge in [0.25, 0.3) is 0 Å². The summed E-state index contributed by atoms with van der Waals surface area (Å²) in [5.41, 5.74) is 1.83. The van der Waals surface area contributed by atoms with Crippen molar-refractivity contribution in [3.05, 3.63) is 59.3 Å². The molecule has 32 heavy (non-hydrogen) atoms. The van der Waals surface area contributed by atoms with Crippen molar-refractivity contribution in [1.29, 1.82) is 0 Å². The molecule has 0 saturated carbocycles. The molecular weight excluding hydrogens is 429 g/mol. The van der Waals surface area contributed by atoms with Gasteiger partial charge in [0.15, 0.2) is 5.82 Å². The summed E-state index contributed by atoms with van der Waals surface area (Å²) in [4.78, 5) is 26.6. The summed E-state index contributed by atoms with van der Waals surface area (Å²) in [6.45, 7) is 5.53. The summed E-state index contributed by atoms with van der Waals surface area (Å²) < 4.78 is 47.8. The minimum atomic E-state index is -5.02. The first-order valence-corrected chi connectivity index (χ1v) is 10.1. The number of benzene rings is 1. The minimum absolute atomic E-state index is 0.0140. The number of carboxylic acids is 1. The van der Waals surface area contributed by atoms with E-state index in [0.717, 1.165) is 24.8 Å². The van der Waals surface area contributed by atoms with Crippen LogP contribution >= 0.6 is 0 Å². The first-order chi connectivity index (χ1) is 15.1. The Morgan fingerprint density at radius 3 is 2.44 bits per heavy atom. The summed E-state index contributed by atoms with van der Waals surface area (Å²) >= 11 is 0. The van der Waals surface area contributed by atoms with E-state index in [1.807, 2.05) is 24.3 Å². The number of aromatic nitrogens is 2. The molecule has 2 aromatic rings. The molecule has 0 aliphatic rings. The Kier molecular flexibility index (Phi) is 8.98. The van der Waals surface area contributed by atoms with Crippen molar-refractivity contribution in [2.75, 3.05) is 0 Å². The zero-order valence-corrected chi connectivity index (χ0v) is 17.7. The molecule has 1 aromatic carbocycles. The minimum Gasteiger partial charge on any atom is -0.481 e. The molecule has 1 N–H and O–H groups in total. The van der Waals surface area contributed by atoms with Crippen LogP contribution in [0.25, 0.3) is 0 Å². The van der Waals surface area contributed by atoms with Gasteiger partial charge in [-0.3, -0.25) is 4.79 Å². The number of carboxylic acid groups (broad SMARTS) is 1. The average molecular weight is 454 g/mol. The van der Waals surface area contributed by atoms with Crippen LogP contribution in [0.1, 0.15) is 55.4 Å². The third-order valence-corrected chi connectivity index (χ3v) is 4.59. The lowest BCUT2D eigenvalue weighted by Crippen LogP contribution is -2.36. The smallest absolute Gasteiger partial charge is 0.426 e. The quantitative estimate of drug-likeness (QED) is 0.287. The standard InChI is InChI=1S/C22H25F3N2O5/c1-3-4-5-6-15-7-9-16(10-8-15)12-18-26-19(32-27-18)11-14(2)21(30)31-17(13-20(28)29)22(23,24)25/h7-10,17H,2-6,11-13H2,1H3,(H,28,29). The number of rotatable bonds is 12. The Labute approximate surface area is 183 Å². The number of unbranched alkanes of at least 4 members (excludes halogenated alkanes) is 2. The Hall–Kier alpha value is -3.17. The summed E-state index contributed by atoms with van der Waals surface area (Å²) in [5.74, 6) is -2.80. The van der Waals surface area contributed by atoms with E-state index in [9.17, 15) is 22.8 Å². The number of hydrogen-bond acceptors (Lipinski definition) is 6. The molecule has 2 rings (SSSR count). The van der Waals surface area contributed by atoms with Crippen LogP contribution in [-0.2, 0) is 33.6 Å². The highest BCUT2D eigenvalue weighted by Gasteiger charge is 2.44. The molecule has 0 aliphatic carbocycles. The summed E-state index contributed by atoms with van der Waals surface area (Å²) in [5, 5.41) is 12.4. The largest absolute Gasteiger partial charge is 0.481 e. The Balaban J connectivity index is 1.91. The molecule has 1 unspecified atom stereocenters. The predicted octanol–water partition coefficient (Wildman–Crippen LogP) is 4.44. The van der Waals surface area contributed by atoms with Gasteiger partial charge in [0.1, 0.15) is 0 Å². The molecule has 1 heterocycles.